The minimum atomic E-state index is 0.942. The van der Waals surface area contributed by atoms with Crippen LogP contribution in [0.1, 0.15) is 0 Å². The van der Waals surface area contributed by atoms with Crippen LogP contribution in [-0.2, 0) is 0 Å². The molecule has 0 N–H and O–H groups in total. The molecule has 0 unspecified atom stereocenters. The Bertz CT molecular complexity index is 2470. The molecule has 9 rings (SSSR count). The number of hydrogen-bond donors (Lipinski definition) is 0. The fourth-order valence-corrected chi connectivity index (χ4v) is 7.47. The Morgan fingerprint density at radius 2 is 1.17 bits per heavy atom. The number of hydrogen-bond acceptors (Lipinski definition) is 3. The molecule has 0 aliphatic carbocycles. The van der Waals surface area contributed by atoms with Gasteiger partial charge in [-0.15, -0.1) is 11.3 Å². The van der Waals surface area contributed by atoms with Crippen molar-refractivity contribution >= 4 is 74.9 Å². The topological polar surface area (TPSA) is 25.8 Å². The maximum Gasteiger partial charge on any atom is 0.0972 e. The van der Waals surface area contributed by atoms with Gasteiger partial charge in [0, 0.05) is 42.7 Å². The molecule has 2 nitrogen and oxygen atoms in total. The lowest BCUT2D eigenvalue weighted by Gasteiger charge is -2.13. The van der Waals surface area contributed by atoms with Gasteiger partial charge in [-0.25, -0.2) is 4.98 Å². The van der Waals surface area contributed by atoms with Crippen molar-refractivity contribution < 1.29 is 0 Å². The van der Waals surface area contributed by atoms with Crippen LogP contribution in [-0.4, -0.2) is 9.97 Å². The Labute approximate surface area is 240 Å². The third kappa shape index (κ3) is 3.43. The van der Waals surface area contributed by atoms with Crippen LogP contribution in [0.5, 0.6) is 0 Å². The highest BCUT2D eigenvalue weighted by Crippen LogP contribution is 2.43. The first kappa shape index (κ1) is 22.7. The lowest BCUT2D eigenvalue weighted by Crippen LogP contribution is -1.89. The molecule has 0 aliphatic rings. The standard InChI is InChI=1S/C38H22N2S/c1-2-8-29-28(7-1)31(22-27-18-20-34-36(35(27)29)30-9-3-4-10-33(30)41-34)23-11-13-24(14-12-23)32-19-17-26-16-15-25-6-5-21-39-37(25)38(26)40-32/h1-22H. The van der Waals surface area contributed by atoms with Gasteiger partial charge in [-0.3, -0.25) is 4.98 Å². The highest BCUT2D eigenvalue weighted by atomic mass is 32.1. The number of pyridine rings is 2. The summed E-state index contributed by atoms with van der Waals surface area (Å²) in [5, 5.41) is 10.1. The van der Waals surface area contributed by atoms with Crippen LogP contribution in [0.4, 0.5) is 0 Å². The van der Waals surface area contributed by atoms with E-state index in [1.54, 1.807) is 0 Å². The Hall–Kier alpha value is -5.12. The summed E-state index contributed by atoms with van der Waals surface area (Å²) >= 11 is 1.88. The third-order valence-electron chi connectivity index (χ3n) is 8.29. The zero-order chi connectivity index (χ0) is 26.9. The van der Waals surface area contributed by atoms with Crippen molar-refractivity contribution in [2.24, 2.45) is 0 Å². The van der Waals surface area contributed by atoms with Gasteiger partial charge in [0.05, 0.1) is 16.7 Å². The number of benzene rings is 6. The molecule has 9 aromatic rings. The summed E-state index contributed by atoms with van der Waals surface area (Å²) in [6.45, 7) is 0. The molecule has 3 heterocycles. The Balaban J connectivity index is 1.22. The van der Waals surface area contributed by atoms with Gasteiger partial charge < -0.3 is 0 Å². The van der Waals surface area contributed by atoms with E-state index in [1.807, 2.05) is 23.6 Å². The summed E-state index contributed by atoms with van der Waals surface area (Å²) in [5.74, 6) is 0. The molecular weight excluding hydrogens is 516 g/mol. The van der Waals surface area contributed by atoms with Gasteiger partial charge in [-0.2, -0.15) is 0 Å². The van der Waals surface area contributed by atoms with Crippen molar-refractivity contribution in [2.75, 3.05) is 0 Å². The van der Waals surface area contributed by atoms with E-state index >= 15 is 0 Å². The van der Waals surface area contributed by atoms with E-state index in [-0.39, 0.29) is 0 Å². The largest absolute Gasteiger partial charge is 0.254 e. The van der Waals surface area contributed by atoms with E-state index in [1.165, 1.54) is 52.8 Å². The highest BCUT2D eigenvalue weighted by Gasteiger charge is 2.15. The molecule has 0 amide bonds. The Kier molecular flexibility index (Phi) is 4.80. The van der Waals surface area contributed by atoms with Gasteiger partial charge in [-0.05, 0) is 63.0 Å². The van der Waals surface area contributed by atoms with Crippen LogP contribution in [0.15, 0.2) is 134 Å². The molecule has 6 aromatic carbocycles. The minimum absolute atomic E-state index is 0.942. The third-order valence-corrected chi connectivity index (χ3v) is 9.42. The maximum absolute atomic E-state index is 5.05. The van der Waals surface area contributed by atoms with Crippen LogP contribution in [0.3, 0.4) is 0 Å². The average Bonchev–Trinajstić information content (AvgIpc) is 3.43. The second kappa shape index (κ2) is 8.69. The van der Waals surface area contributed by atoms with Gasteiger partial charge in [-0.1, -0.05) is 97.1 Å². The first-order valence-electron chi connectivity index (χ1n) is 13.8. The molecular formula is C38H22N2S. The van der Waals surface area contributed by atoms with Crippen molar-refractivity contribution in [3.8, 4) is 22.4 Å². The van der Waals surface area contributed by atoms with Crippen LogP contribution >= 0.6 is 11.3 Å². The second-order valence-corrected chi connectivity index (χ2v) is 11.7. The van der Waals surface area contributed by atoms with Gasteiger partial charge in [0.15, 0.2) is 0 Å². The van der Waals surface area contributed by atoms with Crippen LogP contribution in [0.2, 0.25) is 0 Å². The predicted octanol–water partition coefficient (Wildman–Crippen LogP) is 10.8. The van der Waals surface area contributed by atoms with Gasteiger partial charge >= 0.3 is 0 Å². The first-order valence-corrected chi connectivity index (χ1v) is 14.6. The van der Waals surface area contributed by atoms with Crippen LogP contribution in [0, 0.1) is 0 Å². The number of rotatable bonds is 2. The summed E-state index contributed by atoms with van der Waals surface area (Å²) in [6, 6.07) is 45.9. The zero-order valence-corrected chi connectivity index (χ0v) is 22.8. The molecule has 3 heteroatoms. The Morgan fingerprint density at radius 1 is 0.463 bits per heavy atom. The lowest BCUT2D eigenvalue weighted by atomic mass is 9.91. The molecule has 190 valence electrons. The number of fused-ring (bicyclic) bond motifs is 10. The zero-order valence-electron chi connectivity index (χ0n) is 22.0. The van der Waals surface area contributed by atoms with Gasteiger partial charge in [0.1, 0.15) is 0 Å². The number of aromatic nitrogens is 2. The van der Waals surface area contributed by atoms with Crippen molar-refractivity contribution in [1.82, 2.24) is 9.97 Å². The smallest absolute Gasteiger partial charge is 0.0972 e. The first-order chi connectivity index (χ1) is 20.3. The van der Waals surface area contributed by atoms with Crippen molar-refractivity contribution in [1.29, 1.82) is 0 Å². The summed E-state index contributed by atoms with van der Waals surface area (Å²) in [5.41, 5.74) is 6.39. The quantitative estimate of drug-likeness (QED) is 0.205. The van der Waals surface area contributed by atoms with Crippen molar-refractivity contribution in [3.63, 3.8) is 0 Å². The van der Waals surface area contributed by atoms with E-state index in [0.717, 1.165) is 33.1 Å². The second-order valence-electron chi connectivity index (χ2n) is 10.6. The molecule has 0 atom stereocenters. The molecule has 0 aliphatic heterocycles. The van der Waals surface area contributed by atoms with Crippen LogP contribution < -0.4 is 0 Å². The van der Waals surface area contributed by atoms with E-state index in [0.29, 0.717) is 0 Å². The minimum Gasteiger partial charge on any atom is -0.254 e. The molecule has 41 heavy (non-hydrogen) atoms. The van der Waals surface area contributed by atoms with Crippen LogP contribution in [0.25, 0.3) is 85.9 Å². The summed E-state index contributed by atoms with van der Waals surface area (Å²) in [7, 11) is 0. The molecule has 3 aromatic heterocycles. The van der Waals surface area contributed by atoms with E-state index in [9.17, 15) is 0 Å². The monoisotopic (exact) mass is 538 g/mol. The highest BCUT2D eigenvalue weighted by molar-refractivity contribution is 7.26. The number of thiophene rings is 1. The summed E-state index contributed by atoms with van der Waals surface area (Å²) < 4.78 is 2.68. The normalized spacial score (nSPS) is 11.9. The SMILES string of the molecule is c1cnc2c(c1)ccc1ccc(-c3ccc(-c4cc5ccc6sc7ccccc7c6c5c5ccccc45)cc3)nc12. The molecule has 0 fully saturated rings. The lowest BCUT2D eigenvalue weighted by molar-refractivity contribution is 1.37. The molecule has 0 saturated carbocycles. The fraction of sp³-hybridized carbons (Fsp3) is 0. The van der Waals surface area contributed by atoms with E-state index in [2.05, 4.69) is 126 Å². The van der Waals surface area contributed by atoms with E-state index < -0.39 is 0 Å². The Morgan fingerprint density at radius 3 is 2.05 bits per heavy atom. The summed E-state index contributed by atoms with van der Waals surface area (Å²) in [4.78, 5) is 9.68. The van der Waals surface area contributed by atoms with Crippen molar-refractivity contribution in [2.45, 2.75) is 0 Å². The van der Waals surface area contributed by atoms with Gasteiger partial charge in [0.25, 0.3) is 0 Å². The summed E-state index contributed by atoms with van der Waals surface area (Å²) in [6.07, 6.45) is 1.84. The molecule has 0 radical (unpaired) electrons. The maximum atomic E-state index is 5.05. The van der Waals surface area contributed by atoms with Crippen molar-refractivity contribution in [3.05, 3.63) is 134 Å². The van der Waals surface area contributed by atoms with E-state index in [4.69, 9.17) is 4.98 Å². The average molecular weight is 539 g/mol. The predicted molar refractivity (Wildman–Crippen MR) is 176 cm³/mol. The molecule has 0 bridgehead atoms. The fourth-order valence-electron chi connectivity index (χ4n) is 6.36. The number of nitrogens with zero attached hydrogens (tertiary/aromatic N) is 2. The molecule has 0 saturated heterocycles. The van der Waals surface area contributed by atoms with Gasteiger partial charge in [0.2, 0.25) is 0 Å². The molecule has 0 spiro atoms.